The SMILES string of the molecule is O=C(Nc1ccc(CN[C@H]2CCC[C@@H](Nc3ncc(Cl)c(-c4cn([S@@+]([O-])c5ccccc5)c5ccccc45)n3)C2)nc1)OCc1ccccc1. The first-order valence-electron chi connectivity index (χ1n) is 16.5. The van der Waals surface area contributed by atoms with Crippen LogP contribution in [0.25, 0.3) is 22.2 Å². The fourth-order valence-corrected chi connectivity index (χ4v) is 7.52. The Labute approximate surface area is 298 Å². The van der Waals surface area contributed by atoms with E-state index >= 15 is 0 Å². The predicted octanol–water partition coefficient (Wildman–Crippen LogP) is 7.98. The molecule has 3 aromatic carbocycles. The van der Waals surface area contributed by atoms with Crippen molar-refractivity contribution in [3.8, 4) is 11.3 Å². The van der Waals surface area contributed by atoms with Gasteiger partial charge in [0.2, 0.25) is 5.95 Å². The number of hydrogen-bond acceptors (Lipinski definition) is 8. The molecule has 3 atom stereocenters. The molecular weight excluding hydrogens is 670 g/mol. The number of carbonyl (C=O) groups is 1. The van der Waals surface area contributed by atoms with Crippen molar-refractivity contribution in [1.82, 2.24) is 24.2 Å². The third-order valence-electron chi connectivity index (χ3n) is 8.66. The molecule has 3 heterocycles. The average Bonchev–Trinajstić information content (AvgIpc) is 3.54. The molecule has 1 aliphatic carbocycles. The van der Waals surface area contributed by atoms with E-state index < -0.39 is 17.5 Å². The number of para-hydroxylation sites is 1. The van der Waals surface area contributed by atoms with E-state index in [-0.39, 0.29) is 18.7 Å². The molecule has 0 saturated heterocycles. The smallest absolute Gasteiger partial charge is 0.412 e. The van der Waals surface area contributed by atoms with Gasteiger partial charge in [-0.3, -0.25) is 10.3 Å². The molecule has 0 aliphatic heterocycles. The summed E-state index contributed by atoms with van der Waals surface area (Å²) in [4.78, 5) is 26.8. The Hall–Kier alpha value is -4.94. The van der Waals surface area contributed by atoms with Crippen LogP contribution in [-0.4, -0.2) is 41.7 Å². The minimum atomic E-state index is -1.44. The number of carbonyl (C=O) groups excluding carboxylic acids is 1. The number of nitrogens with one attached hydrogen (secondary N) is 3. The number of fused-ring (bicyclic) bond motifs is 1. The van der Waals surface area contributed by atoms with Gasteiger partial charge in [0, 0.05) is 29.6 Å². The van der Waals surface area contributed by atoms with Crippen LogP contribution >= 0.6 is 11.6 Å². The van der Waals surface area contributed by atoms with Gasteiger partial charge in [0.15, 0.2) is 4.90 Å². The highest BCUT2D eigenvalue weighted by atomic mass is 35.5. The van der Waals surface area contributed by atoms with E-state index in [4.69, 9.17) is 21.3 Å². The van der Waals surface area contributed by atoms with Crippen molar-refractivity contribution in [3.63, 3.8) is 0 Å². The number of anilines is 2. The van der Waals surface area contributed by atoms with E-state index in [1.54, 1.807) is 16.4 Å². The highest BCUT2D eigenvalue weighted by Crippen LogP contribution is 2.36. The van der Waals surface area contributed by atoms with Crippen LogP contribution in [0.2, 0.25) is 5.02 Å². The Morgan fingerprint density at radius 2 is 1.68 bits per heavy atom. The lowest BCUT2D eigenvalue weighted by Crippen LogP contribution is -2.39. The predicted molar refractivity (Wildman–Crippen MR) is 197 cm³/mol. The quantitative estimate of drug-likeness (QED) is 0.116. The second kappa shape index (κ2) is 15.7. The van der Waals surface area contributed by atoms with Crippen LogP contribution in [-0.2, 0) is 29.3 Å². The zero-order valence-electron chi connectivity index (χ0n) is 27.2. The van der Waals surface area contributed by atoms with Gasteiger partial charge in [0.1, 0.15) is 18.0 Å². The monoisotopic (exact) mass is 705 g/mol. The number of halogens is 1. The Bertz CT molecular complexity index is 2050. The minimum Gasteiger partial charge on any atom is -0.587 e. The lowest BCUT2D eigenvalue weighted by Gasteiger charge is -2.30. The molecule has 12 heteroatoms. The van der Waals surface area contributed by atoms with Crippen LogP contribution in [0.4, 0.5) is 16.4 Å². The number of hydrogen-bond donors (Lipinski definition) is 3. The topological polar surface area (TPSA) is 129 Å². The van der Waals surface area contributed by atoms with E-state index in [2.05, 4.69) is 25.9 Å². The van der Waals surface area contributed by atoms with E-state index in [1.807, 2.05) is 103 Å². The first-order chi connectivity index (χ1) is 24.5. The Balaban J connectivity index is 0.962. The van der Waals surface area contributed by atoms with Crippen LogP contribution in [0, 0.1) is 0 Å². The average molecular weight is 706 g/mol. The Morgan fingerprint density at radius 1 is 0.920 bits per heavy atom. The van der Waals surface area contributed by atoms with Crippen LogP contribution in [0.1, 0.15) is 36.9 Å². The van der Waals surface area contributed by atoms with Crippen molar-refractivity contribution < 1.29 is 14.1 Å². The molecule has 254 valence electrons. The summed E-state index contributed by atoms with van der Waals surface area (Å²) in [5.74, 6) is 0.503. The summed E-state index contributed by atoms with van der Waals surface area (Å²) in [6.07, 6.45) is 8.59. The maximum Gasteiger partial charge on any atom is 0.412 e. The van der Waals surface area contributed by atoms with Crippen molar-refractivity contribution in [2.45, 2.75) is 55.8 Å². The largest absolute Gasteiger partial charge is 0.587 e. The van der Waals surface area contributed by atoms with Crippen molar-refractivity contribution >= 4 is 51.6 Å². The van der Waals surface area contributed by atoms with Gasteiger partial charge in [-0.25, -0.2) is 14.8 Å². The van der Waals surface area contributed by atoms with E-state index in [0.717, 1.165) is 53.4 Å². The number of pyridine rings is 1. The van der Waals surface area contributed by atoms with E-state index in [0.29, 0.717) is 33.8 Å². The third kappa shape index (κ3) is 8.09. The zero-order chi connectivity index (χ0) is 34.3. The van der Waals surface area contributed by atoms with Gasteiger partial charge in [-0.2, -0.15) is 3.97 Å². The maximum absolute atomic E-state index is 13.6. The van der Waals surface area contributed by atoms with Crippen LogP contribution in [0.5, 0.6) is 0 Å². The van der Waals surface area contributed by atoms with Crippen molar-refractivity contribution in [2.75, 3.05) is 10.6 Å². The summed E-state index contributed by atoms with van der Waals surface area (Å²) in [5.41, 5.74) is 4.58. The summed E-state index contributed by atoms with van der Waals surface area (Å²) in [6, 6.07) is 30.9. The molecular formula is C38H36ClN7O3S. The van der Waals surface area contributed by atoms with Gasteiger partial charge >= 0.3 is 6.09 Å². The summed E-state index contributed by atoms with van der Waals surface area (Å²) in [5, 5.41) is 11.2. The van der Waals surface area contributed by atoms with Gasteiger partial charge in [0.05, 0.1) is 46.2 Å². The molecule has 1 saturated carbocycles. The van der Waals surface area contributed by atoms with Crippen molar-refractivity contribution in [1.29, 1.82) is 0 Å². The molecule has 6 aromatic rings. The number of rotatable bonds is 11. The molecule has 0 radical (unpaired) electrons. The van der Waals surface area contributed by atoms with Gasteiger partial charge in [0.25, 0.3) is 0 Å². The second-order valence-electron chi connectivity index (χ2n) is 12.1. The number of benzene rings is 3. The first kappa shape index (κ1) is 33.6. The Kier molecular flexibility index (Phi) is 10.6. The van der Waals surface area contributed by atoms with Gasteiger partial charge < -0.3 is 19.9 Å². The summed E-state index contributed by atoms with van der Waals surface area (Å²) < 4.78 is 20.6. The first-order valence-corrected chi connectivity index (χ1v) is 18.0. The van der Waals surface area contributed by atoms with Gasteiger partial charge in [-0.15, -0.1) is 0 Å². The van der Waals surface area contributed by atoms with Crippen molar-refractivity contribution in [3.05, 3.63) is 132 Å². The molecule has 0 bridgehead atoms. The minimum absolute atomic E-state index is 0.170. The molecule has 1 amide bonds. The number of amides is 1. The van der Waals surface area contributed by atoms with E-state index in [9.17, 15) is 9.35 Å². The Morgan fingerprint density at radius 3 is 2.48 bits per heavy atom. The van der Waals surface area contributed by atoms with Crippen LogP contribution in [0.15, 0.2) is 121 Å². The molecule has 0 unspecified atom stereocenters. The molecule has 3 aromatic heterocycles. The standard InChI is InChI=1S/C38H36ClN7O3S/c39-34-23-42-37(45-36(34)33-24-46(35-17-8-7-16-32(33)35)50(48)31-14-5-2-6-15-31)43-28-13-9-12-27(20-28)40-21-29-18-19-30(22-41-29)44-38(47)49-25-26-10-3-1-4-11-26/h1-8,10-11,14-19,22-24,27-28,40H,9,12-13,20-21,25H2,(H,44,47)(H,42,43,45)/t27-,28+,50-/m0/s1. The summed E-state index contributed by atoms with van der Waals surface area (Å²) in [6.45, 7) is 0.806. The highest BCUT2D eigenvalue weighted by Gasteiger charge is 2.25. The molecule has 1 fully saturated rings. The normalized spacial score (nSPS) is 16.5. The third-order valence-corrected chi connectivity index (χ3v) is 10.3. The fraction of sp³-hybridized carbons (Fsp3) is 0.211. The molecule has 50 heavy (non-hydrogen) atoms. The molecule has 3 N–H and O–H groups in total. The van der Waals surface area contributed by atoms with Crippen LogP contribution in [0.3, 0.4) is 0 Å². The van der Waals surface area contributed by atoms with Gasteiger partial charge in [-0.1, -0.05) is 78.3 Å². The lowest BCUT2D eigenvalue weighted by atomic mass is 9.91. The molecule has 7 rings (SSSR count). The summed E-state index contributed by atoms with van der Waals surface area (Å²) >= 11 is 5.25. The van der Waals surface area contributed by atoms with E-state index in [1.165, 1.54) is 0 Å². The molecule has 0 spiro atoms. The number of ether oxygens (including phenoxy) is 1. The van der Waals surface area contributed by atoms with Crippen molar-refractivity contribution in [2.24, 2.45) is 0 Å². The number of nitrogens with zero attached hydrogens (tertiary/aromatic N) is 4. The highest BCUT2D eigenvalue weighted by molar-refractivity contribution is 7.90. The lowest BCUT2D eigenvalue weighted by molar-refractivity contribution is 0.155. The van der Waals surface area contributed by atoms with Crippen LogP contribution < -0.4 is 16.0 Å². The van der Waals surface area contributed by atoms with Gasteiger partial charge in [-0.05, 0) is 61.6 Å². The molecule has 10 nitrogen and oxygen atoms in total. The fourth-order valence-electron chi connectivity index (χ4n) is 6.17. The number of aromatic nitrogens is 4. The summed E-state index contributed by atoms with van der Waals surface area (Å²) in [7, 11) is 0. The zero-order valence-corrected chi connectivity index (χ0v) is 28.7. The second-order valence-corrected chi connectivity index (χ2v) is 13.9. The molecule has 1 aliphatic rings. The maximum atomic E-state index is 13.6.